The number of H-pyrrole nitrogens is 1. The molecule has 0 unspecified atom stereocenters. The molecular formula is C26H22N4O4. The van der Waals surface area contributed by atoms with Gasteiger partial charge in [-0.2, -0.15) is 0 Å². The van der Waals surface area contributed by atoms with E-state index in [0.29, 0.717) is 39.2 Å². The van der Waals surface area contributed by atoms with E-state index in [1.165, 1.54) is 0 Å². The van der Waals surface area contributed by atoms with Crippen molar-refractivity contribution in [1.29, 1.82) is 0 Å². The molecule has 0 saturated carbocycles. The number of rotatable bonds is 5. The van der Waals surface area contributed by atoms with Gasteiger partial charge in [0.15, 0.2) is 5.43 Å². The minimum Gasteiger partial charge on any atom is -0.455 e. The van der Waals surface area contributed by atoms with E-state index in [1.807, 2.05) is 43.3 Å². The Morgan fingerprint density at radius 3 is 2.62 bits per heavy atom. The van der Waals surface area contributed by atoms with Crippen LogP contribution in [0.15, 0.2) is 79.3 Å². The molecular weight excluding hydrogens is 432 g/mol. The summed E-state index contributed by atoms with van der Waals surface area (Å²) in [7, 11) is 0. The first-order valence-electron chi connectivity index (χ1n) is 11.2. The lowest BCUT2D eigenvalue weighted by atomic mass is 9.98. The zero-order chi connectivity index (χ0) is 24.7. The van der Waals surface area contributed by atoms with Gasteiger partial charge >= 0.3 is 5.76 Å². The zero-order valence-corrected chi connectivity index (χ0v) is 18.8. The molecule has 0 fully saturated rings. The van der Waals surface area contributed by atoms with Gasteiger partial charge < -0.3 is 9.73 Å². The summed E-state index contributed by atoms with van der Waals surface area (Å²) in [6, 6.07) is 15.0. The average Bonchev–Trinajstić information content (AvgIpc) is 3.28. The molecule has 0 amide bonds. The van der Waals surface area contributed by atoms with Crippen LogP contribution in [0.1, 0.15) is 31.0 Å². The van der Waals surface area contributed by atoms with Crippen LogP contribution in [-0.4, -0.2) is 15.1 Å². The molecule has 0 aliphatic rings. The normalized spacial score (nSPS) is 13.4. The van der Waals surface area contributed by atoms with Gasteiger partial charge in [-0.15, -0.1) is 0 Å². The monoisotopic (exact) mass is 455 g/mol. The van der Waals surface area contributed by atoms with Crippen molar-refractivity contribution in [3.8, 4) is 22.8 Å². The molecule has 34 heavy (non-hydrogen) atoms. The highest BCUT2D eigenvalue weighted by Gasteiger charge is 2.20. The third kappa shape index (κ3) is 3.79. The first kappa shape index (κ1) is 20.2. The van der Waals surface area contributed by atoms with E-state index in [-0.39, 0.29) is 11.3 Å². The average molecular weight is 455 g/mol. The number of nitrogens with one attached hydrogen (secondary N) is 2. The van der Waals surface area contributed by atoms with Crippen molar-refractivity contribution in [3.05, 3.63) is 98.3 Å². The summed E-state index contributed by atoms with van der Waals surface area (Å²) in [5.74, 6) is -0.108. The fourth-order valence-electron chi connectivity index (χ4n) is 3.98. The van der Waals surface area contributed by atoms with Gasteiger partial charge in [-0.3, -0.25) is 19.3 Å². The van der Waals surface area contributed by atoms with E-state index in [0.717, 1.165) is 11.1 Å². The van der Waals surface area contributed by atoms with Gasteiger partial charge in [0.2, 0.25) is 5.82 Å². The number of fused-ring (bicyclic) bond motifs is 1. The largest absolute Gasteiger partial charge is 0.455 e. The third-order valence-corrected chi connectivity index (χ3v) is 5.60. The van der Waals surface area contributed by atoms with Crippen LogP contribution in [0.2, 0.25) is 0 Å². The molecule has 0 bridgehead atoms. The Bertz CT molecular complexity index is 1670. The first-order valence-corrected chi connectivity index (χ1v) is 10.7. The van der Waals surface area contributed by atoms with Gasteiger partial charge in [0.05, 0.1) is 18.5 Å². The molecule has 8 nitrogen and oxygen atoms in total. The predicted molar refractivity (Wildman–Crippen MR) is 130 cm³/mol. The highest BCUT2D eigenvalue weighted by Crippen LogP contribution is 2.33. The van der Waals surface area contributed by atoms with Gasteiger partial charge in [0.1, 0.15) is 17.0 Å². The number of hydrogen-bond donors (Lipinski definition) is 2. The Labute approximate surface area is 195 Å². The highest BCUT2D eigenvalue weighted by atomic mass is 16.5. The molecule has 3 aromatic heterocycles. The summed E-state index contributed by atoms with van der Waals surface area (Å²) in [4.78, 5) is 31.6. The quantitative estimate of drug-likeness (QED) is 0.384. The zero-order valence-electron chi connectivity index (χ0n) is 19.8. The van der Waals surface area contributed by atoms with Crippen molar-refractivity contribution in [1.82, 2.24) is 15.1 Å². The first-order chi connectivity index (χ1) is 16.7. The van der Waals surface area contributed by atoms with Crippen LogP contribution in [0.25, 0.3) is 33.8 Å². The summed E-state index contributed by atoms with van der Waals surface area (Å²) < 4.78 is 20.2. The van der Waals surface area contributed by atoms with Gasteiger partial charge in [0, 0.05) is 22.9 Å². The maximum absolute atomic E-state index is 13.3. The number of aromatic nitrogens is 3. The molecule has 8 heteroatoms. The molecule has 2 aromatic carbocycles. The van der Waals surface area contributed by atoms with Crippen molar-refractivity contribution in [3.63, 3.8) is 0 Å². The second-order valence-corrected chi connectivity index (χ2v) is 8.03. The number of pyridine rings is 1. The standard InChI is InChI=1S/C26H22N4O4/c1-14-12-18(16(3)28-20-10-7-11-27-21(20)25-29-26(32)34-30-25)24-19(13-14)22(31)15(2)23(33-24)17-8-5-4-6-9-17/h4-13,16,28H,1-3H3,(H,29,30,32)/t16-/m1/s1/i16D. The summed E-state index contributed by atoms with van der Waals surface area (Å²) in [5, 5.41) is 7.28. The molecule has 5 aromatic rings. The van der Waals surface area contributed by atoms with Crippen LogP contribution in [0, 0.1) is 13.8 Å². The van der Waals surface area contributed by atoms with Gasteiger partial charge in [0.25, 0.3) is 0 Å². The second-order valence-electron chi connectivity index (χ2n) is 8.03. The van der Waals surface area contributed by atoms with Gasteiger partial charge in [-0.05, 0) is 44.5 Å². The molecule has 0 aliphatic carbocycles. The van der Waals surface area contributed by atoms with Crippen LogP contribution in [0.5, 0.6) is 0 Å². The summed E-state index contributed by atoms with van der Waals surface area (Å²) in [6.07, 6.45) is 1.55. The summed E-state index contributed by atoms with van der Waals surface area (Å²) in [6.45, 7) is 5.27. The van der Waals surface area contributed by atoms with Crippen LogP contribution in [0.4, 0.5) is 5.69 Å². The number of nitrogens with zero attached hydrogens (tertiary/aromatic N) is 2. The minimum absolute atomic E-state index is 0.136. The molecule has 5 rings (SSSR count). The maximum Gasteiger partial charge on any atom is 0.439 e. The third-order valence-electron chi connectivity index (χ3n) is 5.60. The van der Waals surface area contributed by atoms with E-state index in [1.54, 1.807) is 38.2 Å². The Balaban J connectivity index is 1.69. The van der Waals surface area contributed by atoms with E-state index in [4.69, 9.17) is 4.42 Å². The summed E-state index contributed by atoms with van der Waals surface area (Å²) in [5.41, 5.74) is 3.52. The second kappa shape index (κ2) is 8.47. The molecule has 170 valence electrons. The molecule has 0 radical (unpaired) electrons. The molecule has 3 heterocycles. The van der Waals surface area contributed by atoms with Gasteiger partial charge in [-0.25, -0.2) is 4.79 Å². The fraction of sp³-hybridized carbons (Fsp3) is 0.154. The Morgan fingerprint density at radius 1 is 1.09 bits per heavy atom. The van der Waals surface area contributed by atoms with E-state index in [2.05, 4.69) is 25.0 Å². The topological polar surface area (TPSA) is 114 Å². The van der Waals surface area contributed by atoms with Crippen molar-refractivity contribution in [2.75, 3.05) is 5.32 Å². The number of benzene rings is 2. The van der Waals surface area contributed by atoms with Crippen LogP contribution in [-0.2, 0) is 0 Å². The molecule has 2 N–H and O–H groups in total. The highest BCUT2D eigenvalue weighted by molar-refractivity contribution is 5.85. The molecule has 0 saturated heterocycles. The minimum atomic E-state index is -1.45. The van der Waals surface area contributed by atoms with Crippen molar-refractivity contribution in [2.24, 2.45) is 0 Å². The lowest BCUT2D eigenvalue weighted by Gasteiger charge is -2.19. The molecule has 0 aliphatic heterocycles. The van der Waals surface area contributed by atoms with Crippen molar-refractivity contribution in [2.45, 2.75) is 26.8 Å². The fourth-order valence-corrected chi connectivity index (χ4v) is 3.98. The van der Waals surface area contributed by atoms with E-state index in [9.17, 15) is 11.0 Å². The van der Waals surface area contributed by atoms with E-state index < -0.39 is 11.8 Å². The van der Waals surface area contributed by atoms with Gasteiger partial charge in [-0.1, -0.05) is 41.6 Å². The Morgan fingerprint density at radius 2 is 1.88 bits per heavy atom. The summed E-state index contributed by atoms with van der Waals surface area (Å²) >= 11 is 0. The van der Waals surface area contributed by atoms with E-state index >= 15 is 0 Å². The lowest BCUT2D eigenvalue weighted by molar-refractivity contribution is 0.388. The van der Waals surface area contributed by atoms with Crippen LogP contribution in [0.3, 0.4) is 0 Å². The predicted octanol–water partition coefficient (Wildman–Crippen LogP) is 4.99. The number of hydrogen-bond acceptors (Lipinski definition) is 7. The smallest absolute Gasteiger partial charge is 0.439 e. The number of aryl methyl sites for hydroxylation is 1. The Hall–Kier alpha value is -4.46. The Kier molecular flexibility index (Phi) is 5.03. The van der Waals surface area contributed by atoms with Crippen molar-refractivity contribution < 1.29 is 10.3 Å². The SMILES string of the molecule is [2H][C@](C)(Nc1cccnc1-c1noc(=O)[nH]1)c1cc(C)cc2c(=O)c(C)c(-c3ccccc3)oc12. The molecule has 0 spiro atoms. The molecule has 1 atom stereocenters. The number of aromatic amines is 1. The van der Waals surface area contributed by atoms with Crippen molar-refractivity contribution >= 4 is 16.7 Å². The lowest BCUT2D eigenvalue weighted by Crippen LogP contribution is -2.13. The maximum atomic E-state index is 13.3. The number of anilines is 1. The van der Waals surface area contributed by atoms with Crippen LogP contribution < -0.4 is 16.5 Å². The van der Waals surface area contributed by atoms with Crippen LogP contribution >= 0.6 is 0 Å².